The van der Waals surface area contributed by atoms with Crippen LogP contribution in [0.25, 0.3) is 10.1 Å². The first kappa shape index (κ1) is 17.6. The van der Waals surface area contributed by atoms with Gasteiger partial charge in [-0.1, -0.05) is 46.4 Å². The Labute approximate surface area is 162 Å². The Bertz CT molecular complexity index is 955. The molecular formula is C16H9Cl4NO2S. The number of amides is 1. The molecule has 124 valence electrons. The van der Waals surface area contributed by atoms with Crippen molar-refractivity contribution in [2.75, 3.05) is 12.4 Å². The van der Waals surface area contributed by atoms with Gasteiger partial charge in [0.25, 0.3) is 5.91 Å². The molecule has 0 spiro atoms. The van der Waals surface area contributed by atoms with Gasteiger partial charge in [-0.25, -0.2) is 0 Å². The molecule has 1 N–H and O–H groups in total. The maximum atomic E-state index is 12.5. The number of hydrogen-bond donors (Lipinski definition) is 1. The molecule has 1 aromatic heterocycles. The normalized spacial score (nSPS) is 10.9. The largest absolute Gasteiger partial charge is 0.495 e. The molecule has 0 aliphatic carbocycles. The van der Waals surface area contributed by atoms with E-state index >= 15 is 0 Å². The summed E-state index contributed by atoms with van der Waals surface area (Å²) >= 11 is 25.7. The number of halogens is 4. The zero-order valence-electron chi connectivity index (χ0n) is 12.1. The lowest BCUT2D eigenvalue weighted by molar-refractivity contribution is 0.103. The summed E-state index contributed by atoms with van der Waals surface area (Å²) in [6.45, 7) is 0. The first-order valence-electron chi connectivity index (χ1n) is 6.63. The molecule has 0 atom stereocenters. The Morgan fingerprint density at radius 2 is 1.79 bits per heavy atom. The van der Waals surface area contributed by atoms with Gasteiger partial charge in [-0.05, 0) is 30.3 Å². The van der Waals surface area contributed by atoms with Crippen molar-refractivity contribution < 1.29 is 9.53 Å². The number of ether oxygens (including phenoxy) is 1. The molecule has 0 bridgehead atoms. The van der Waals surface area contributed by atoms with Crippen molar-refractivity contribution >= 4 is 79.4 Å². The third kappa shape index (κ3) is 3.17. The zero-order chi connectivity index (χ0) is 17.4. The van der Waals surface area contributed by atoms with E-state index in [-0.39, 0.29) is 5.91 Å². The third-order valence-electron chi connectivity index (χ3n) is 3.31. The molecule has 0 unspecified atom stereocenters. The van der Waals surface area contributed by atoms with Crippen molar-refractivity contribution in [3.63, 3.8) is 0 Å². The monoisotopic (exact) mass is 419 g/mol. The molecule has 0 aliphatic heterocycles. The van der Waals surface area contributed by atoms with E-state index in [9.17, 15) is 4.79 Å². The number of thiophene rings is 1. The second-order valence-corrected chi connectivity index (χ2v) is 7.38. The maximum Gasteiger partial charge on any atom is 0.267 e. The molecule has 1 heterocycles. The average molecular weight is 421 g/mol. The Morgan fingerprint density at radius 3 is 2.46 bits per heavy atom. The molecule has 0 aliphatic rings. The lowest BCUT2D eigenvalue weighted by Crippen LogP contribution is -2.10. The van der Waals surface area contributed by atoms with Crippen LogP contribution in [0.4, 0.5) is 5.69 Å². The summed E-state index contributed by atoms with van der Waals surface area (Å²) in [5.41, 5.74) is 0.520. The van der Waals surface area contributed by atoms with E-state index in [0.717, 1.165) is 0 Å². The van der Waals surface area contributed by atoms with Crippen molar-refractivity contribution in [1.82, 2.24) is 0 Å². The number of fused-ring (bicyclic) bond motifs is 1. The van der Waals surface area contributed by atoms with Crippen LogP contribution in [0.2, 0.25) is 20.1 Å². The Kier molecular flexibility index (Phi) is 5.13. The van der Waals surface area contributed by atoms with E-state index < -0.39 is 0 Å². The molecule has 0 saturated carbocycles. The third-order valence-corrected chi connectivity index (χ3v) is 6.26. The van der Waals surface area contributed by atoms with Crippen LogP contribution in [0.1, 0.15) is 9.67 Å². The SMILES string of the molecule is COc1ccc2c(Cl)c(C(=O)Nc3ccc(Cl)c(Cl)c3)sc2c1Cl. The minimum Gasteiger partial charge on any atom is -0.495 e. The van der Waals surface area contributed by atoms with Gasteiger partial charge in [0.05, 0.1) is 26.9 Å². The Morgan fingerprint density at radius 1 is 1.04 bits per heavy atom. The highest BCUT2D eigenvalue weighted by atomic mass is 35.5. The lowest BCUT2D eigenvalue weighted by Gasteiger charge is -2.05. The van der Waals surface area contributed by atoms with Crippen LogP contribution in [0, 0.1) is 0 Å². The highest BCUT2D eigenvalue weighted by Gasteiger charge is 2.20. The predicted molar refractivity (Wildman–Crippen MR) is 103 cm³/mol. The summed E-state index contributed by atoms with van der Waals surface area (Å²) in [5.74, 6) is 0.174. The highest BCUT2D eigenvalue weighted by molar-refractivity contribution is 7.22. The van der Waals surface area contributed by atoms with Crippen molar-refractivity contribution in [3.05, 3.63) is 55.3 Å². The van der Waals surface area contributed by atoms with Gasteiger partial charge >= 0.3 is 0 Å². The summed E-state index contributed by atoms with van der Waals surface area (Å²) in [6.07, 6.45) is 0. The summed E-state index contributed by atoms with van der Waals surface area (Å²) in [4.78, 5) is 12.9. The van der Waals surface area contributed by atoms with Crippen LogP contribution >= 0.6 is 57.7 Å². The molecule has 0 radical (unpaired) electrons. The lowest BCUT2D eigenvalue weighted by atomic mass is 10.2. The Hall–Kier alpha value is -1.17. The van der Waals surface area contributed by atoms with Gasteiger partial charge in [0.15, 0.2) is 0 Å². The number of carbonyl (C=O) groups excluding carboxylic acids is 1. The predicted octanol–water partition coefficient (Wildman–Crippen LogP) is 6.78. The first-order valence-corrected chi connectivity index (χ1v) is 8.96. The zero-order valence-corrected chi connectivity index (χ0v) is 16.0. The van der Waals surface area contributed by atoms with E-state index in [0.29, 0.717) is 46.5 Å². The van der Waals surface area contributed by atoms with E-state index in [4.69, 9.17) is 51.1 Å². The first-order chi connectivity index (χ1) is 11.4. The summed E-state index contributed by atoms with van der Waals surface area (Å²) < 4.78 is 5.88. The number of methoxy groups -OCH3 is 1. The number of anilines is 1. The number of carbonyl (C=O) groups is 1. The van der Waals surface area contributed by atoms with Gasteiger partial charge in [-0.2, -0.15) is 0 Å². The molecule has 0 fully saturated rings. The summed E-state index contributed by atoms with van der Waals surface area (Å²) in [6, 6.07) is 8.31. The smallest absolute Gasteiger partial charge is 0.267 e. The van der Waals surface area contributed by atoms with Gasteiger partial charge < -0.3 is 10.1 Å². The van der Waals surface area contributed by atoms with Crippen molar-refractivity contribution in [2.45, 2.75) is 0 Å². The second-order valence-electron chi connectivity index (χ2n) is 4.79. The van der Waals surface area contributed by atoms with Crippen LogP contribution < -0.4 is 10.1 Å². The fourth-order valence-electron chi connectivity index (χ4n) is 2.15. The van der Waals surface area contributed by atoms with Crippen molar-refractivity contribution in [3.8, 4) is 5.75 Å². The van der Waals surface area contributed by atoms with Gasteiger partial charge in [0, 0.05) is 11.1 Å². The number of nitrogens with one attached hydrogen (secondary N) is 1. The maximum absolute atomic E-state index is 12.5. The summed E-state index contributed by atoms with van der Waals surface area (Å²) in [5, 5.41) is 4.98. The second kappa shape index (κ2) is 6.98. The molecule has 3 rings (SSSR count). The average Bonchev–Trinajstić information content (AvgIpc) is 2.89. The molecule has 3 aromatic rings. The molecule has 8 heteroatoms. The van der Waals surface area contributed by atoms with Crippen molar-refractivity contribution in [2.24, 2.45) is 0 Å². The number of benzene rings is 2. The van der Waals surface area contributed by atoms with E-state index in [1.54, 1.807) is 30.3 Å². The van der Waals surface area contributed by atoms with E-state index in [1.165, 1.54) is 18.4 Å². The van der Waals surface area contributed by atoms with Crippen LogP contribution in [0.15, 0.2) is 30.3 Å². The van der Waals surface area contributed by atoms with Gasteiger partial charge in [0.2, 0.25) is 0 Å². The van der Waals surface area contributed by atoms with E-state index in [2.05, 4.69) is 5.32 Å². The fraction of sp³-hybridized carbons (Fsp3) is 0.0625. The minimum absolute atomic E-state index is 0.345. The molecule has 24 heavy (non-hydrogen) atoms. The summed E-state index contributed by atoms with van der Waals surface area (Å²) in [7, 11) is 1.53. The van der Waals surface area contributed by atoms with Crippen LogP contribution in [0.3, 0.4) is 0 Å². The van der Waals surface area contributed by atoms with Crippen LogP contribution in [0.5, 0.6) is 5.75 Å². The quantitative estimate of drug-likeness (QED) is 0.507. The van der Waals surface area contributed by atoms with Crippen molar-refractivity contribution in [1.29, 1.82) is 0 Å². The topological polar surface area (TPSA) is 38.3 Å². The fourth-order valence-corrected chi connectivity index (χ4v) is 4.23. The standard InChI is InChI=1S/C16H9Cl4NO2S/c1-23-11-5-3-8-12(19)15(24-14(8)13(11)20)16(22)21-7-2-4-9(17)10(18)6-7/h2-6H,1H3,(H,21,22). The van der Waals surface area contributed by atoms with Gasteiger partial charge in [0.1, 0.15) is 15.6 Å². The Balaban J connectivity index is 1.99. The molecule has 2 aromatic carbocycles. The minimum atomic E-state index is -0.352. The van der Waals surface area contributed by atoms with Crippen LogP contribution in [-0.2, 0) is 0 Å². The molecular weight excluding hydrogens is 412 g/mol. The van der Waals surface area contributed by atoms with Gasteiger partial charge in [-0.15, -0.1) is 11.3 Å². The number of rotatable bonds is 3. The molecule has 0 saturated heterocycles. The van der Waals surface area contributed by atoms with Gasteiger partial charge in [-0.3, -0.25) is 4.79 Å². The van der Waals surface area contributed by atoms with E-state index in [1.807, 2.05) is 0 Å². The highest BCUT2D eigenvalue weighted by Crippen LogP contribution is 2.43. The van der Waals surface area contributed by atoms with Crippen LogP contribution in [-0.4, -0.2) is 13.0 Å². The number of hydrogen-bond acceptors (Lipinski definition) is 3. The molecule has 1 amide bonds. The molecule has 3 nitrogen and oxygen atoms in total.